The molecule has 0 amide bonds. The highest BCUT2D eigenvalue weighted by Gasteiger charge is 2.21. The van der Waals surface area contributed by atoms with Crippen LogP contribution < -0.4 is 11.2 Å². The minimum Gasteiger partial charge on any atom is -0.288 e. The maximum Gasteiger partial charge on any atom is 0.331 e. The standard InChI is InChI=1S/C18H21ClN2O2S/c19-9-4-5-10-20-16(22)15(13-14-7-2-1-3-8-14)17-21(18(20)23)11-6-12-24-17/h1-3,7-8H,4-6,9-13H2. The van der Waals surface area contributed by atoms with Crippen LogP contribution >= 0.6 is 23.4 Å². The van der Waals surface area contributed by atoms with Crippen LogP contribution in [0, 0.1) is 0 Å². The Morgan fingerprint density at radius 1 is 1.12 bits per heavy atom. The Kier molecular flexibility index (Phi) is 5.85. The van der Waals surface area contributed by atoms with Crippen LogP contribution in [0.15, 0.2) is 44.9 Å². The summed E-state index contributed by atoms with van der Waals surface area (Å²) >= 11 is 7.36. The fourth-order valence-electron chi connectivity index (χ4n) is 3.00. The van der Waals surface area contributed by atoms with Crippen molar-refractivity contribution in [3.8, 4) is 0 Å². The van der Waals surface area contributed by atoms with Gasteiger partial charge in [0.05, 0.1) is 10.6 Å². The van der Waals surface area contributed by atoms with Gasteiger partial charge in [0.25, 0.3) is 5.56 Å². The molecule has 4 nitrogen and oxygen atoms in total. The van der Waals surface area contributed by atoms with Crippen LogP contribution in [0.1, 0.15) is 30.4 Å². The molecule has 0 fully saturated rings. The molecule has 1 aliphatic heterocycles. The van der Waals surface area contributed by atoms with E-state index in [1.807, 2.05) is 30.3 Å². The van der Waals surface area contributed by atoms with E-state index >= 15 is 0 Å². The summed E-state index contributed by atoms with van der Waals surface area (Å²) in [5, 5.41) is 0.855. The summed E-state index contributed by atoms with van der Waals surface area (Å²) in [5.41, 5.74) is 1.53. The molecule has 0 saturated carbocycles. The molecule has 1 aliphatic rings. The van der Waals surface area contributed by atoms with Crippen molar-refractivity contribution in [3.63, 3.8) is 0 Å². The Hall–Kier alpha value is -1.46. The van der Waals surface area contributed by atoms with Gasteiger partial charge in [-0.05, 0) is 24.8 Å². The molecule has 0 bridgehead atoms. The summed E-state index contributed by atoms with van der Waals surface area (Å²) < 4.78 is 3.19. The van der Waals surface area contributed by atoms with Crippen LogP contribution in [-0.4, -0.2) is 20.8 Å². The molecule has 0 unspecified atom stereocenters. The molecule has 0 radical (unpaired) electrons. The van der Waals surface area contributed by atoms with Crippen LogP contribution in [0.4, 0.5) is 0 Å². The molecule has 6 heteroatoms. The van der Waals surface area contributed by atoms with Crippen molar-refractivity contribution in [1.82, 2.24) is 9.13 Å². The molecular weight excluding hydrogens is 344 g/mol. The monoisotopic (exact) mass is 364 g/mol. The Morgan fingerprint density at radius 3 is 2.67 bits per heavy atom. The van der Waals surface area contributed by atoms with Crippen molar-refractivity contribution in [2.24, 2.45) is 0 Å². The second-order valence-corrected chi connectivity index (χ2v) is 7.40. The molecule has 0 saturated heterocycles. The number of thioether (sulfide) groups is 1. The SMILES string of the molecule is O=c1c(Cc2ccccc2)c2n(c(=O)n1CCCCCl)CCCS2. The number of nitrogens with zero attached hydrogens (tertiary/aromatic N) is 2. The smallest absolute Gasteiger partial charge is 0.288 e. The van der Waals surface area contributed by atoms with Gasteiger partial charge < -0.3 is 0 Å². The number of unbranched alkanes of at least 4 members (excludes halogenated alkanes) is 1. The van der Waals surface area contributed by atoms with Gasteiger partial charge in [-0.3, -0.25) is 13.9 Å². The minimum atomic E-state index is -0.173. The van der Waals surface area contributed by atoms with Crippen LogP contribution in [0.25, 0.3) is 0 Å². The predicted molar refractivity (Wildman–Crippen MR) is 99.5 cm³/mol. The first-order valence-electron chi connectivity index (χ1n) is 8.31. The van der Waals surface area contributed by atoms with Crippen molar-refractivity contribution in [2.75, 3.05) is 11.6 Å². The fraction of sp³-hybridized carbons (Fsp3) is 0.444. The lowest BCUT2D eigenvalue weighted by Crippen LogP contribution is -2.43. The second-order valence-electron chi connectivity index (χ2n) is 5.94. The van der Waals surface area contributed by atoms with E-state index in [2.05, 4.69) is 0 Å². The number of alkyl halides is 1. The van der Waals surface area contributed by atoms with Crippen molar-refractivity contribution in [2.45, 2.75) is 43.8 Å². The number of hydrogen-bond acceptors (Lipinski definition) is 3. The quantitative estimate of drug-likeness (QED) is 0.449. The maximum absolute atomic E-state index is 13.0. The van der Waals surface area contributed by atoms with Crippen LogP contribution in [0.2, 0.25) is 0 Å². The fourth-order valence-corrected chi connectivity index (χ4v) is 4.32. The van der Waals surface area contributed by atoms with Gasteiger partial charge in [-0.25, -0.2) is 4.79 Å². The van der Waals surface area contributed by atoms with Crippen molar-refractivity contribution < 1.29 is 0 Å². The molecule has 0 N–H and O–H groups in total. The summed E-state index contributed by atoms with van der Waals surface area (Å²) in [7, 11) is 0. The average molecular weight is 365 g/mol. The number of rotatable bonds is 6. The molecule has 0 atom stereocenters. The lowest BCUT2D eigenvalue weighted by atomic mass is 10.1. The Balaban J connectivity index is 2.07. The number of hydrogen-bond donors (Lipinski definition) is 0. The van der Waals surface area contributed by atoms with Gasteiger partial charge in [-0.1, -0.05) is 30.3 Å². The van der Waals surface area contributed by atoms with Crippen LogP contribution in [-0.2, 0) is 19.5 Å². The Morgan fingerprint density at radius 2 is 1.92 bits per heavy atom. The van der Waals surface area contributed by atoms with E-state index in [9.17, 15) is 9.59 Å². The van der Waals surface area contributed by atoms with Crippen LogP contribution in [0.3, 0.4) is 0 Å². The maximum atomic E-state index is 13.0. The molecule has 2 heterocycles. The van der Waals surface area contributed by atoms with Gasteiger partial charge in [0.15, 0.2) is 0 Å². The third-order valence-corrected chi connectivity index (χ3v) is 5.72. The summed E-state index contributed by atoms with van der Waals surface area (Å²) in [6.45, 7) is 1.13. The highest BCUT2D eigenvalue weighted by molar-refractivity contribution is 7.99. The summed E-state index contributed by atoms with van der Waals surface area (Å²) in [4.78, 5) is 25.7. The number of aromatic nitrogens is 2. The molecule has 2 aromatic rings. The highest BCUT2D eigenvalue weighted by Crippen LogP contribution is 2.26. The first kappa shape index (κ1) is 17.4. The van der Waals surface area contributed by atoms with Gasteiger partial charge in [0.1, 0.15) is 0 Å². The van der Waals surface area contributed by atoms with E-state index in [0.717, 1.165) is 41.2 Å². The molecular formula is C18H21ClN2O2S. The molecule has 128 valence electrons. The van der Waals surface area contributed by atoms with E-state index in [-0.39, 0.29) is 11.2 Å². The normalized spacial score (nSPS) is 13.7. The number of benzene rings is 1. The van der Waals surface area contributed by atoms with Gasteiger partial charge in [0.2, 0.25) is 0 Å². The zero-order valence-corrected chi connectivity index (χ0v) is 15.1. The van der Waals surface area contributed by atoms with Crippen molar-refractivity contribution in [3.05, 3.63) is 62.3 Å². The Bertz CT molecular complexity index is 814. The molecule has 24 heavy (non-hydrogen) atoms. The van der Waals surface area contributed by atoms with Crippen molar-refractivity contribution >= 4 is 23.4 Å². The molecule has 1 aromatic heterocycles. The molecule has 0 spiro atoms. The van der Waals surface area contributed by atoms with Gasteiger partial charge in [-0.2, -0.15) is 0 Å². The Labute approximate surface area is 150 Å². The molecule has 1 aromatic carbocycles. The van der Waals surface area contributed by atoms with E-state index < -0.39 is 0 Å². The highest BCUT2D eigenvalue weighted by atomic mass is 35.5. The second kappa shape index (κ2) is 8.08. The summed E-state index contributed by atoms with van der Waals surface area (Å²) in [6.07, 6.45) is 3.08. The van der Waals surface area contributed by atoms with E-state index in [0.29, 0.717) is 25.4 Å². The third-order valence-electron chi connectivity index (χ3n) is 4.22. The van der Waals surface area contributed by atoms with Crippen LogP contribution in [0.5, 0.6) is 0 Å². The lowest BCUT2D eigenvalue weighted by molar-refractivity contribution is 0.485. The molecule has 3 rings (SSSR count). The molecule has 0 aliphatic carbocycles. The zero-order valence-electron chi connectivity index (χ0n) is 13.5. The lowest BCUT2D eigenvalue weighted by Gasteiger charge is -2.22. The summed E-state index contributed by atoms with van der Waals surface area (Å²) in [6, 6.07) is 9.96. The summed E-state index contributed by atoms with van der Waals surface area (Å²) in [5.74, 6) is 1.50. The zero-order chi connectivity index (χ0) is 16.9. The number of halogens is 1. The van der Waals surface area contributed by atoms with Gasteiger partial charge in [0, 0.05) is 31.1 Å². The van der Waals surface area contributed by atoms with E-state index in [1.54, 1.807) is 16.3 Å². The first-order chi connectivity index (χ1) is 11.7. The van der Waals surface area contributed by atoms with Crippen molar-refractivity contribution in [1.29, 1.82) is 0 Å². The largest absolute Gasteiger partial charge is 0.331 e. The van der Waals surface area contributed by atoms with E-state index in [1.165, 1.54) is 4.57 Å². The number of fused-ring (bicyclic) bond motifs is 1. The minimum absolute atomic E-state index is 0.140. The van der Waals surface area contributed by atoms with Gasteiger partial charge in [-0.15, -0.1) is 23.4 Å². The first-order valence-corrected chi connectivity index (χ1v) is 9.83. The van der Waals surface area contributed by atoms with E-state index in [4.69, 9.17) is 11.6 Å². The van der Waals surface area contributed by atoms with Gasteiger partial charge >= 0.3 is 5.69 Å². The average Bonchev–Trinajstić information content (AvgIpc) is 2.62. The predicted octanol–water partition coefficient (Wildman–Crippen LogP) is 3.12. The third kappa shape index (κ3) is 3.62. The topological polar surface area (TPSA) is 44.0 Å².